The molecule has 0 saturated carbocycles. The summed E-state index contributed by atoms with van der Waals surface area (Å²) in [7, 11) is 0. The second-order valence-corrected chi connectivity index (χ2v) is 10.5. The minimum atomic E-state index is -0.585. The van der Waals surface area contributed by atoms with Crippen LogP contribution in [0.1, 0.15) is 20.8 Å². The maximum atomic E-state index is 16.0. The summed E-state index contributed by atoms with van der Waals surface area (Å²) in [5.74, 6) is -0.295. The number of nitrogens with one attached hydrogen (secondary N) is 3. The van der Waals surface area contributed by atoms with E-state index in [1.54, 1.807) is 23.6 Å². The average molecular weight is 513 g/mol. The molecule has 9 nitrogen and oxygen atoms in total. The molecule has 6 rings (SSSR count). The molecule has 11 heteroatoms. The molecule has 0 unspecified atom stereocenters. The van der Waals surface area contributed by atoms with Crippen LogP contribution in [0.5, 0.6) is 0 Å². The molecule has 0 radical (unpaired) electrons. The molecule has 6 aromatic heterocycles. The summed E-state index contributed by atoms with van der Waals surface area (Å²) in [6, 6.07) is 7.58. The Kier molecular flexibility index (Phi) is 5.30. The number of rotatable bonds is 4. The fraction of sp³-hybridized carbons (Fsp3) is 0.154. The summed E-state index contributed by atoms with van der Waals surface area (Å²) in [6.07, 6.45) is 6.15. The first kappa shape index (κ1) is 22.9. The highest BCUT2D eigenvalue weighted by Crippen LogP contribution is 2.35. The number of amides is 1. The molecule has 0 saturated heterocycles. The number of pyridine rings is 3. The second-order valence-electron chi connectivity index (χ2n) is 9.57. The van der Waals surface area contributed by atoms with Crippen LogP contribution in [-0.2, 0) is 4.79 Å². The van der Waals surface area contributed by atoms with Crippen LogP contribution in [0.25, 0.3) is 55.3 Å². The molecule has 184 valence electrons. The first-order valence-electron chi connectivity index (χ1n) is 11.5. The van der Waals surface area contributed by atoms with Crippen LogP contribution >= 0.6 is 11.3 Å². The van der Waals surface area contributed by atoms with Gasteiger partial charge in [-0.1, -0.05) is 26.8 Å². The maximum absolute atomic E-state index is 16.0. The van der Waals surface area contributed by atoms with Crippen LogP contribution in [0.4, 0.5) is 10.1 Å². The number of hydrogen-bond donors (Lipinski definition) is 3. The van der Waals surface area contributed by atoms with Gasteiger partial charge >= 0.3 is 0 Å². The van der Waals surface area contributed by atoms with E-state index in [2.05, 4.69) is 40.4 Å². The summed E-state index contributed by atoms with van der Waals surface area (Å²) >= 11 is 1.61. The van der Waals surface area contributed by atoms with E-state index in [0.717, 1.165) is 16.0 Å². The van der Waals surface area contributed by atoms with Gasteiger partial charge in [-0.15, -0.1) is 11.3 Å². The van der Waals surface area contributed by atoms with E-state index in [4.69, 9.17) is 0 Å². The lowest BCUT2D eigenvalue weighted by atomic mass is 9.95. The lowest BCUT2D eigenvalue weighted by Gasteiger charge is -2.17. The van der Waals surface area contributed by atoms with E-state index in [9.17, 15) is 4.79 Å². The number of aromatic amines is 2. The molecule has 0 aliphatic rings. The Hall–Kier alpha value is -4.51. The SMILES string of the molecule is CC(C)(C)C(=O)Nc1cncc(-c2cnc3n[nH]c(-c4nc5nccc(-c6cccs6)c5[nH]4)c3c2F)c1. The van der Waals surface area contributed by atoms with Crippen molar-refractivity contribution in [1.29, 1.82) is 0 Å². The van der Waals surface area contributed by atoms with Crippen molar-refractivity contribution in [3.05, 3.63) is 60.3 Å². The van der Waals surface area contributed by atoms with Crippen LogP contribution in [0.15, 0.2) is 54.4 Å². The summed E-state index contributed by atoms with van der Waals surface area (Å²) in [4.78, 5) is 34.3. The predicted octanol–water partition coefficient (Wildman–Crippen LogP) is 5.81. The van der Waals surface area contributed by atoms with Gasteiger partial charge in [-0.2, -0.15) is 5.10 Å². The van der Waals surface area contributed by atoms with Crippen molar-refractivity contribution in [3.63, 3.8) is 0 Å². The van der Waals surface area contributed by atoms with Crippen LogP contribution in [-0.4, -0.2) is 41.0 Å². The third kappa shape index (κ3) is 4.02. The zero-order valence-corrected chi connectivity index (χ0v) is 20.9. The molecule has 6 heterocycles. The Morgan fingerprint density at radius 1 is 1.08 bits per heavy atom. The highest BCUT2D eigenvalue weighted by Gasteiger charge is 2.23. The molecule has 37 heavy (non-hydrogen) atoms. The van der Waals surface area contributed by atoms with Gasteiger partial charge in [0.1, 0.15) is 11.5 Å². The maximum Gasteiger partial charge on any atom is 0.229 e. The minimum Gasteiger partial charge on any atom is -0.335 e. The van der Waals surface area contributed by atoms with Crippen molar-refractivity contribution in [2.45, 2.75) is 20.8 Å². The highest BCUT2D eigenvalue weighted by atomic mass is 32.1. The minimum absolute atomic E-state index is 0.168. The number of nitrogens with zero attached hydrogens (tertiary/aromatic N) is 5. The third-order valence-electron chi connectivity index (χ3n) is 5.92. The van der Waals surface area contributed by atoms with E-state index in [1.165, 1.54) is 18.6 Å². The number of carbonyl (C=O) groups is 1. The molecule has 6 aromatic rings. The van der Waals surface area contributed by atoms with Crippen molar-refractivity contribution in [2.75, 3.05) is 5.32 Å². The summed E-state index contributed by atoms with van der Waals surface area (Å²) in [5, 5.41) is 12.1. The zero-order valence-electron chi connectivity index (χ0n) is 20.1. The summed E-state index contributed by atoms with van der Waals surface area (Å²) < 4.78 is 16.0. The van der Waals surface area contributed by atoms with Crippen molar-refractivity contribution < 1.29 is 9.18 Å². The molecule has 0 aromatic carbocycles. The number of aromatic nitrogens is 7. The molecule has 3 N–H and O–H groups in total. The van der Waals surface area contributed by atoms with Gasteiger partial charge in [-0.05, 0) is 23.6 Å². The molecule has 0 spiro atoms. The van der Waals surface area contributed by atoms with E-state index in [1.807, 2.05) is 44.4 Å². The molecular formula is C26H21FN8OS. The number of anilines is 1. The molecular weight excluding hydrogens is 491 g/mol. The van der Waals surface area contributed by atoms with Gasteiger partial charge in [-0.3, -0.25) is 14.9 Å². The fourth-order valence-corrected chi connectivity index (χ4v) is 4.72. The van der Waals surface area contributed by atoms with Gasteiger partial charge in [-0.25, -0.2) is 19.3 Å². The van der Waals surface area contributed by atoms with E-state index in [0.29, 0.717) is 28.4 Å². The molecule has 0 aliphatic heterocycles. The lowest BCUT2D eigenvalue weighted by Crippen LogP contribution is -2.27. The Morgan fingerprint density at radius 2 is 1.95 bits per heavy atom. The molecule has 0 atom stereocenters. The molecule has 0 fully saturated rings. The Labute approximate surface area is 214 Å². The van der Waals surface area contributed by atoms with Gasteiger partial charge in [0, 0.05) is 45.6 Å². The van der Waals surface area contributed by atoms with E-state index >= 15 is 4.39 Å². The van der Waals surface area contributed by atoms with Crippen LogP contribution in [0.3, 0.4) is 0 Å². The van der Waals surface area contributed by atoms with E-state index in [-0.39, 0.29) is 22.5 Å². The van der Waals surface area contributed by atoms with Gasteiger partial charge in [0.2, 0.25) is 5.91 Å². The van der Waals surface area contributed by atoms with E-state index < -0.39 is 11.2 Å². The highest BCUT2D eigenvalue weighted by molar-refractivity contribution is 7.13. The van der Waals surface area contributed by atoms with Crippen LogP contribution in [0, 0.1) is 11.2 Å². The quantitative estimate of drug-likeness (QED) is 0.274. The van der Waals surface area contributed by atoms with Crippen molar-refractivity contribution in [3.8, 4) is 33.1 Å². The third-order valence-corrected chi connectivity index (χ3v) is 6.83. The first-order chi connectivity index (χ1) is 17.8. The standard InChI is InChI=1S/C26H21FN8OS/c1-26(2,3)25(36)31-14-9-13(10-28-11-14)16-12-30-22-18(19(16)27)21(34-35-22)24-32-20-15(17-5-4-8-37-17)6-7-29-23(20)33-24/h4-12H,1-3H3,(H,31,36)(H,29,32,33)(H,30,34,35). The first-order valence-corrected chi connectivity index (χ1v) is 12.4. The topological polar surface area (TPSA) is 125 Å². The van der Waals surface area contributed by atoms with Gasteiger partial charge < -0.3 is 10.3 Å². The number of carbonyl (C=O) groups excluding carboxylic acids is 1. The molecule has 0 aliphatic carbocycles. The van der Waals surface area contributed by atoms with Gasteiger partial charge in [0.25, 0.3) is 0 Å². The lowest BCUT2D eigenvalue weighted by molar-refractivity contribution is -0.123. The van der Waals surface area contributed by atoms with Crippen molar-refractivity contribution in [1.82, 2.24) is 35.1 Å². The van der Waals surface area contributed by atoms with Crippen LogP contribution in [0.2, 0.25) is 0 Å². The number of imidazole rings is 1. The van der Waals surface area contributed by atoms with Gasteiger partial charge in [0.05, 0.1) is 22.8 Å². The largest absolute Gasteiger partial charge is 0.335 e. The second kappa shape index (κ2) is 8.56. The number of fused-ring (bicyclic) bond motifs is 2. The number of H-pyrrole nitrogens is 2. The molecule has 0 bridgehead atoms. The summed E-state index contributed by atoms with van der Waals surface area (Å²) in [5.41, 5.74) is 3.38. The molecule has 1 amide bonds. The Balaban J connectivity index is 1.44. The zero-order chi connectivity index (χ0) is 25.7. The normalized spacial score (nSPS) is 11.9. The number of halogens is 1. The smallest absolute Gasteiger partial charge is 0.229 e. The van der Waals surface area contributed by atoms with Crippen molar-refractivity contribution >= 4 is 45.1 Å². The van der Waals surface area contributed by atoms with Gasteiger partial charge in [0.15, 0.2) is 17.1 Å². The number of thiophene rings is 1. The number of hydrogen-bond acceptors (Lipinski definition) is 7. The Morgan fingerprint density at radius 3 is 2.73 bits per heavy atom. The predicted molar refractivity (Wildman–Crippen MR) is 141 cm³/mol. The monoisotopic (exact) mass is 512 g/mol. The van der Waals surface area contributed by atoms with Crippen molar-refractivity contribution in [2.24, 2.45) is 5.41 Å². The Bertz CT molecular complexity index is 1780. The van der Waals surface area contributed by atoms with Crippen LogP contribution < -0.4 is 5.32 Å². The fourth-order valence-electron chi connectivity index (χ4n) is 3.96. The summed E-state index contributed by atoms with van der Waals surface area (Å²) in [6.45, 7) is 5.44. The average Bonchev–Trinajstić information content (AvgIpc) is 3.63.